The Labute approximate surface area is 183 Å². The maximum atomic E-state index is 2.39. The van der Waals surface area contributed by atoms with E-state index in [1.54, 1.807) is 0 Å². The Morgan fingerprint density at radius 3 is 2.30 bits per heavy atom. The van der Waals surface area contributed by atoms with Crippen molar-refractivity contribution in [2.75, 3.05) is 0 Å². The molecule has 154 valence electrons. The first-order valence-electron chi connectivity index (χ1n) is 11.2. The summed E-state index contributed by atoms with van der Waals surface area (Å²) in [6.45, 7) is 8.73. The van der Waals surface area contributed by atoms with Crippen LogP contribution in [0.15, 0.2) is 78.9 Å². The van der Waals surface area contributed by atoms with Crippen LogP contribution in [-0.4, -0.2) is 0 Å². The van der Waals surface area contributed by atoms with Crippen LogP contribution >= 0.6 is 0 Å². The zero-order chi connectivity index (χ0) is 21.3. The molecule has 3 rings (SSSR count). The van der Waals surface area contributed by atoms with Crippen molar-refractivity contribution in [3.05, 3.63) is 118 Å². The highest BCUT2D eigenvalue weighted by molar-refractivity contribution is 5.80. The van der Waals surface area contributed by atoms with Crippen molar-refractivity contribution in [1.29, 1.82) is 0 Å². The minimum atomic E-state index is 1.06. The number of hydrogen-bond acceptors (Lipinski definition) is 0. The summed E-state index contributed by atoms with van der Waals surface area (Å²) < 4.78 is 0. The van der Waals surface area contributed by atoms with E-state index in [4.69, 9.17) is 0 Å². The SMILES string of the molecule is CCC/C=C(/C=C/c1ccc(C)c(C)c1)c1ccccc1CCc1ccc(C)cc1. The van der Waals surface area contributed by atoms with Crippen molar-refractivity contribution in [1.82, 2.24) is 0 Å². The third kappa shape index (κ3) is 6.07. The lowest BCUT2D eigenvalue weighted by Gasteiger charge is -2.12. The Morgan fingerprint density at radius 1 is 0.800 bits per heavy atom. The fourth-order valence-electron chi connectivity index (χ4n) is 3.68. The smallest absolute Gasteiger partial charge is 0.0155 e. The molecule has 0 saturated heterocycles. The van der Waals surface area contributed by atoms with E-state index < -0.39 is 0 Å². The molecule has 0 heteroatoms. The second kappa shape index (κ2) is 10.8. The highest BCUT2D eigenvalue weighted by atomic mass is 14.1. The predicted octanol–water partition coefficient (Wildman–Crippen LogP) is 8.29. The first-order valence-corrected chi connectivity index (χ1v) is 11.2. The van der Waals surface area contributed by atoms with Gasteiger partial charge in [-0.2, -0.15) is 0 Å². The van der Waals surface area contributed by atoms with E-state index >= 15 is 0 Å². The fourth-order valence-corrected chi connectivity index (χ4v) is 3.68. The molecule has 0 N–H and O–H groups in total. The molecule has 3 aromatic carbocycles. The van der Waals surface area contributed by atoms with Gasteiger partial charge in [0, 0.05) is 0 Å². The van der Waals surface area contributed by atoms with Crippen LogP contribution in [0.2, 0.25) is 0 Å². The minimum Gasteiger partial charge on any atom is -0.0767 e. The van der Waals surface area contributed by atoms with Gasteiger partial charge in [0.2, 0.25) is 0 Å². The summed E-state index contributed by atoms with van der Waals surface area (Å²) in [6.07, 6.45) is 11.3. The first kappa shape index (κ1) is 21.8. The molecule has 0 heterocycles. The van der Waals surface area contributed by atoms with E-state index in [2.05, 4.69) is 113 Å². The fraction of sp³-hybridized carbons (Fsp3) is 0.267. The second-order valence-electron chi connectivity index (χ2n) is 8.27. The lowest BCUT2D eigenvalue weighted by atomic mass is 9.93. The third-order valence-electron chi connectivity index (χ3n) is 5.77. The Balaban J connectivity index is 1.85. The van der Waals surface area contributed by atoms with Crippen LogP contribution in [-0.2, 0) is 12.8 Å². The molecule has 0 spiro atoms. The topological polar surface area (TPSA) is 0 Å². The van der Waals surface area contributed by atoms with Crippen LogP contribution in [0.4, 0.5) is 0 Å². The molecule has 0 saturated carbocycles. The average Bonchev–Trinajstić information content (AvgIpc) is 2.76. The molecule has 3 aromatic rings. The van der Waals surface area contributed by atoms with Gasteiger partial charge in [-0.25, -0.2) is 0 Å². The molecule has 0 atom stereocenters. The first-order chi connectivity index (χ1) is 14.6. The van der Waals surface area contributed by atoms with Gasteiger partial charge in [-0.3, -0.25) is 0 Å². The van der Waals surface area contributed by atoms with Gasteiger partial charge in [0.1, 0.15) is 0 Å². The molecule has 0 fully saturated rings. The van der Waals surface area contributed by atoms with Crippen LogP contribution in [0, 0.1) is 20.8 Å². The largest absolute Gasteiger partial charge is 0.0767 e. The van der Waals surface area contributed by atoms with Crippen LogP contribution in [0.1, 0.15) is 58.7 Å². The third-order valence-corrected chi connectivity index (χ3v) is 5.77. The van der Waals surface area contributed by atoms with Gasteiger partial charge in [-0.05, 0) is 79.0 Å². The van der Waals surface area contributed by atoms with Crippen LogP contribution in [0.3, 0.4) is 0 Å². The zero-order valence-electron chi connectivity index (χ0n) is 18.9. The second-order valence-corrected chi connectivity index (χ2v) is 8.27. The van der Waals surface area contributed by atoms with Crippen molar-refractivity contribution < 1.29 is 0 Å². The van der Waals surface area contributed by atoms with E-state index in [-0.39, 0.29) is 0 Å². The summed E-state index contributed by atoms with van der Waals surface area (Å²) >= 11 is 0. The van der Waals surface area contributed by atoms with Gasteiger partial charge in [-0.1, -0.05) is 104 Å². The number of benzene rings is 3. The molecular formula is C30H34. The van der Waals surface area contributed by atoms with E-state index in [0.717, 1.165) is 25.7 Å². The minimum absolute atomic E-state index is 1.06. The van der Waals surface area contributed by atoms with Crippen molar-refractivity contribution in [3.8, 4) is 0 Å². The molecule has 0 aliphatic rings. The lowest BCUT2D eigenvalue weighted by Crippen LogP contribution is -1.96. The Morgan fingerprint density at radius 2 is 1.57 bits per heavy atom. The molecular weight excluding hydrogens is 360 g/mol. The normalized spacial score (nSPS) is 11.9. The van der Waals surface area contributed by atoms with Crippen molar-refractivity contribution in [3.63, 3.8) is 0 Å². The van der Waals surface area contributed by atoms with E-state index in [1.165, 1.54) is 44.5 Å². The highest BCUT2D eigenvalue weighted by Crippen LogP contribution is 2.24. The number of allylic oxidation sites excluding steroid dienone is 3. The summed E-state index contributed by atoms with van der Waals surface area (Å²) in [5, 5.41) is 0. The molecule has 0 aliphatic heterocycles. The quantitative estimate of drug-likeness (QED) is 0.337. The van der Waals surface area contributed by atoms with Crippen LogP contribution < -0.4 is 0 Å². The summed E-state index contributed by atoms with van der Waals surface area (Å²) in [7, 11) is 0. The molecule has 0 bridgehead atoms. The Bertz CT molecular complexity index is 1020. The summed E-state index contributed by atoms with van der Waals surface area (Å²) in [4.78, 5) is 0. The summed E-state index contributed by atoms with van der Waals surface area (Å²) in [6, 6.07) is 24.5. The maximum Gasteiger partial charge on any atom is -0.0155 e. The molecule has 30 heavy (non-hydrogen) atoms. The van der Waals surface area contributed by atoms with Gasteiger partial charge in [0.25, 0.3) is 0 Å². The molecule has 0 aromatic heterocycles. The molecule has 0 aliphatic carbocycles. The van der Waals surface area contributed by atoms with Crippen molar-refractivity contribution >= 4 is 11.6 Å². The highest BCUT2D eigenvalue weighted by Gasteiger charge is 2.06. The van der Waals surface area contributed by atoms with Gasteiger partial charge in [0.15, 0.2) is 0 Å². The number of aryl methyl sites for hydroxylation is 5. The molecule has 0 radical (unpaired) electrons. The summed E-state index contributed by atoms with van der Waals surface area (Å²) in [5.41, 5.74) is 10.8. The Hall–Kier alpha value is -2.86. The average molecular weight is 395 g/mol. The van der Waals surface area contributed by atoms with Crippen LogP contribution in [0.25, 0.3) is 11.6 Å². The molecule has 0 unspecified atom stereocenters. The predicted molar refractivity (Wildman–Crippen MR) is 133 cm³/mol. The lowest BCUT2D eigenvalue weighted by molar-refractivity contribution is 0.949. The summed E-state index contributed by atoms with van der Waals surface area (Å²) in [5.74, 6) is 0. The monoisotopic (exact) mass is 394 g/mol. The molecule has 0 amide bonds. The van der Waals surface area contributed by atoms with Gasteiger partial charge in [0.05, 0.1) is 0 Å². The zero-order valence-corrected chi connectivity index (χ0v) is 18.9. The number of rotatable bonds is 8. The number of unbranched alkanes of at least 4 members (excludes halogenated alkanes) is 1. The standard InChI is InChI=1S/C30H34/c1-5-6-9-28(21-19-27-17-14-24(3)25(4)22-27)30-11-8-7-10-29(30)20-18-26-15-12-23(2)13-16-26/h7-17,19,21-22H,5-6,18,20H2,1-4H3/b21-19+,28-9-. The van der Waals surface area contributed by atoms with Gasteiger partial charge >= 0.3 is 0 Å². The van der Waals surface area contributed by atoms with Crippen molar-refractivity contribution in [2.24, 2.45) is 0 Å². The molecule has 0 nitrogen and oxygen atoms in total. The maximum absolute atomic E-state index is 2.39. The number of hydrogen-bond donors (Lipinski definition) is 0. The Kier molecular flexibility index (Phi) is 7.85. The van der Waals surface area contributed by atoms with Crippen molar-refractivity contribution in [2.45, 2.75) is 53.4 Å². The van der Waals surface area contributed by atoms with Gasteiger partial charge < -0.3 is 0 Å². The van der Waals surface area contributed by atoms with E-state index in [1.807, 2.05) is 0 Å². The van der Waals surface area contributed by atoms with E-state index in [9.17, 15) is 0 Å². The van der Waals surface area contributed by atoms with E-state index in [0.29, 0.717) is 0 Å². The van der Waals surface area contributed by atoms with Gasteiger partial charge in [-0.15, -0.1) is 0 Å². The van der Waals surface area contributed by atoms with Crippen LogP contribution in [0.5, 0.6) is 0 Å².